The SMILES string of the molecule is O=S(=O)(c1ccc2c(c1)OCO2)N1CCn2c(cc3ccccc32)C1. The molecule has 1 aromatic heterocycles. The zero-order chi connectivity index (χ0) is 17.0. The highest BCUT2D eigenvalue weighted by Crippen LogP contribution is 2.35. The molecule has 0 radical (unpaired) electrons. The summed E-state index contributed by atoms with van der Waals surface area (Å²) in [7, 11) is -3.58. The fraction of sp³-hybridized carbons (Fsp3) is 0.222. The largest absolute Gasteiger partial charge is 0.454 e. The molecule has 0 spiro atoms. The van der Waals surface area contributed by atoms with Gasteiger partial charge in [0, 0.05) is 30.4 Å². The maximum atomic E-state index is 13.0. The number of rotatable bonds is 2. The first-order valence-corrected chi connectivity index (χ1v) is 9.54. The van der Waals surface area contributed by atoms with E-state index < -0.39 is 10.0 Å². The van der Waals surface area contributed by atoms with Gasteiger partial charge in [0.2, 0.25) is 16.8 Å². The predicted octanol–water partition coefficient (Wildman–Crippen LogP) is 2.57. The number of nitrogens with zero attached hydrogens (tertiary/aromatic N) is 2. The van der Waals surface area contributed by atoms with Crippen LogP contribution in [0, 0.1) is 0 Å². The second-order valence-electron chi connectivity index (χ2n) is 6.20. The molecule has 3 heterocycles. The number of ether oxygens (including phenoxy) is 2. The Morgan fingerprint density at radius 3 is 2.68 bits per heavy atom. The Morgan fingerprint density at radius 1 is 0.920 bits per heavy atom. The quantitative estimate of drug-likeness (QED) is 0.708. The Bertz CT molecular complexity index is 1090. The molecule has 0 fully saturated rings. The topological polar surface area (TPSA) is 60.8 Å². The van der Waals surface area contributed by atoms with Crippen molar-refractivity contribution in [2.75, 3.05) is 13.3 Å². The van der Waals surface area contributed by atoms with Crippen LogP contribution in [-0.2, 0) is 23.1 Å². The van der Waals surface area contributed by atoms with Gasteiger partial charge in [0.1, 0.15) is 0 Å². The summed E-state index contributed by atoms with van der Waals surface area (Å²) in [5.74, 6) is 1.06. The van der Waals surface area contributed by atoms with Crippen molar-refractivity contribution in [1.82, 2.24) is 8.87 Å². The molecule has 6 nitrogen and oxygen atoms in total. The minimum atomic E-state index is -3.58. The normalized spacial score (nSPS) is 17.0. The van der Waals surface area contributed by atoms with Gasteiger partial charge < -0.3 is 14.0 Å². The average Bonchev–Trinajstić information content (AvgIpc) is 3.24. The third-order valence-corrected chi connectivity index (χ3v) is 6.63. The first-order chi connectivity index (χ1) is 12.1. The van der Waals surface area contributed by atoms with Gasteiger partial charge in [-0.15, -0.1) is 0 Å². The van der Waals surface area contributed by atoms with Gasteiger partial charge in [0.15, 0.2) is 11.5 Å². The summed E-state index contributed by atoms with van der Waals surface area (Å²) in [6.07, 6.45) is 0. The van der Waals surface area contributed by atoms with E-state index in [1.807, 2.05) is 12.1 Å². The molecule has 2 aliphatic heterocycles. The van der Waals surface area contributed by atoms with E-state index >= 15 is 0 Å². The van der Waals surface area contributed by atoms with E-state index in [9.17, 15) is 8.42 Å². The molecule has 25 heavy (non-hydrogen) atoms. The third kappa shape index (κ3) is 2.23. The van der Waals surface area contributed by atoms with Crippen molar-refractivity contribution in [3.8, 4) is 11.5 Å². The second kappa shape index (κ2) is 5.24. The lowest BCUT2D eigenvalue weighted by molar-refractivity contribution is 0.174. The van der Waals surface area contributed by atoms with Crippen LogP contribution in [0.2, 0.25) is 0 Å². The summed E-state index contributed by atoms with van der Waals surface area (Å²) in [5, 5.41) is 1.14. The van der Waals surface area contributed by atoms with Gasteiger partial charge in [-0.05, 0) is 29.7 Å². The van der Waals surface area contributed by atoms with Crippen LogP contribution in [0.15, 0.2) is 53.4 Å². The van der Waals surface area contributed by atoms with E-state index in [0.29, 0.717) is 31.1 Å². The van der Waals surface area contributed by atoms with E-state index in [2.05, 4.69) is 22.8 Å². The molecule has 128 valence electrons. The second-order valence-corrected chi connectivity index (χ2v) is 8.14. The molecule has 2 aromatic carbocycles. The molecule has 2 aliphatic rings. The van der Waals surface area contributed by atoms with Crippen LogP contribution in [0.1, 0.15) is 5.69 Å². The van der Waals surface area contributed by atoms with Crippen molar-refractivity contribution in [3.63, 3.8) is 0 Å². The lowest BCUT2D eigenvalue weighted by Crippen LogP contribution is -2.37. The van der Waals surface area contributed by atoms with Crippen molar-refractivity contribution in [2.24, 2.45) is 0 Å². The van der Waals surface area contributed by atoms with Crippen molar-refractivity contribution >= 4 is 20.9 Å². The first kappa shape index (κ1) is 14.8. The van der Waals surface area contributed by atoms with Gasteiger partial charge >= 0.3 is 0 Å². The van der Waals surface area contributed by atoms with Crippen molar-refractivity contribution in [1.29, 1.82) is 0 Å². The summed E-state index contributed by atoms with van der Waals surface area (Å²) < 4.78 is 40.4. The number of sulfonamides is 1. The average molecular weight is 356 g/mol. The number of para-hydroxylation sites is 1. The Morgan fingerprint density at radius 2 is 1.76 bits per heavy atom. The maximum absolute atomic E-state index is 13.0. The number of benzene rings is 2. The maximum Gasteiger partial charge on any atom is 0.243 e. The molecular weight excluding hydrogens is 340 g/mol. The highest BCUT2D eigenvalue weighted by atomic mass is 32.2. The van der Waals surface area contributed by atoms with Crippen LogP contribution in [-0.4, -0.2) is 30.6 Å². The molecule has 7 heteroatoms. The molecule has 0 atom stereocenters. The van der Waals surface area contributed by atoms with E-state index in [0.717, 1.165) is 16.6 Å². The van der Waals surface area contributed by atoms with Gasteiger partial charge in [-0.3, -0.25) is 0 Å². The Kier molecular flexibility index (Phi) is 3.10. The van der Waals surface area contributed by atoms with Crippen LogP contribution < -0.4 is 9.47 Å². The molecule has 3 aromatic rings. The van der Waals surface area contributed by atoms with Crippen molar-refractivity contribution in [2.45, 2.75) is 18.0 Å². The summed E-state index contributed by atoms with van der Waals surface area (Å²) in [4.78, 5) is 0.237. The minimum Gasteiger partial charge on any atom is -0.454 e. The molecule has 0 saturated carbocycles. The van der Waals surface area contributed by atoms with Gasteiger partial charge in [-0.25, -0.2) is 8.42 Å². The lowest BCUT2D eigenvalue weighted by atomic mass is 10.2. The first-order valence-electron chi connectivity index (χ1n) is 8.10. The van der Waals surface area contributed by atoms with Crippen molar-refractivity contribution < 1.29 is 17.9 Å². The summed E-state index contributed by atoms with van der Waals surface area (Å²) in [6, 6.07) is 15.0. The van der Waals surface area contributed by atoms with Crippen LogP contribution in [0.5, 0.6) is 11.5 Å². The molecule has 0 bridgehead atoms. The summed E-state index contributed by atoms with van der Waals surface area (Å²) in [5.41, 5.74) is 2.16. The third-order valence-electron chi connectivity index (χ3n) is 4.79. The smallest absolute Gasteiger partial charge is 0.243 e. The van der Waals surface area contributed by atoms with Crippen LogP contribution in [0.3, 0.4) is 0 Å². The van der Waals surface area contributed by atoms with E-state index in [4.69, 9.17) is 9.47 Å². The van der Waals surface area contributed by atoms with E-state index in [1.165, 1.54) is 4.31 Å². The number of fused-ring (bicyclic) bond motifs is 4. The van der Waals surface area contributed by atoms with Gasteiger partial charge in [-0.2, -0.15) is 4.31 Å². The Balaban J connectivity index is 1.51. The number of hydrogen-bond acceptors (Lipinski definition) is 4. The highest BCUT2D eigenvalue weighted by Gasteiger charge is 2.30. The lowest BCUT2D eigenvalue weighted by Gasteiger charge is -2.28. The predicted molar refractivity (Wildman–Crippen MR) is 92.1 cm³/mol. The molecule has 0 N–H and O–H groups in total. The van der Waals surface area contributed by atoms with Gasteiger partial charge in [0.25, 0.3) is 0 Å². The molecule has 0 unspecified atom stereocenters. The molecule has 5 rings (SSSR count). The summed E-state index contributed by atoms with van der Waals surface area (Å²) >= 11 is 0. The van der Waals surface area contributed by atoms with Crippen LogP contribution in [0.4, 0.5) is 0 Å². The Hall–Kier alpha value is -2.51. The standard InChI is InChI=1S/C18H16N2O4S/c21-25(22,15-5-6-17-18(10-15)24-12-23-17)19-7-8-20-14(11-19)9-13-3-1-2-4-16(13)20/h1-6,9-10H,7-8,11-12H2. The molecule has 0 aliphatic carbocycles. The highest BCUT2D eigenvalue weighted by molar-refractivity contribution is 7.89. The number of hydrogen-bond donors (Lipinski definition) is 0. The monoisotopic (exact) mass is 356 g/mol. The fourth-order valence-corrected chi connectivity index (χ4v) is 4.94. The van der Waals surface area contributed by atoms with Crippen LogP contribution >= 0.6 is 0 Å². The van der Waals surface area contributed by atoms with Crippen LogP contribution in [0.25, 0.3) is 10.9 Å². The zero-order valence-electron chi connectivity index (χ0n) is 13.4. The van der Waals surface area contributed by atoms with Gasteiger partial charge in [-0.1, -0.05) is 18.2 Å². The number of aromatic nitrogens is 1. The van der Waals surface area contributed by atoms with Crippen molar-refractivity contribution in [3.05, 3.63) is 54.2 Å². The molecular formula is C18H16N2O4S. The van der Waals surface area contributed by atoms with Gasteiger partial charge in [0.05, 0.1) is 11.4 Å². The van der Waals surface area contributed by atoms with E-state index in [1.54, 1.807) is 18.2 Å². The Labute approximate surface area is 145 Å². The molecule has 0 saturated heterocycles. The summed E-state index contributed by atoms with van der Waals surface area (Å²) in [6.45, 7) is 1.59. The minimum absolute atomic E-state index is 0.128. The zero-order valence-corrected chi connectivity index (χ0v) is 14.2. The van der Waals surface area contributed by atoms with E-state index in [-0.39, 0.29) is 11.7 Å². The molecule has 0 amide bonds. The fourth-order valence-electron chi connectivity index (χ4n) is 3.53.